The van der Waals surface area contributed by atoms with Gasteiger partial charge in [0, 0.05) is 13.6 Å². The van der Waals surface area contributed by atoms with Crippen LogP contribution in [0.1, 0.15) is 26.2 Å². The molecule has 2 atom stereocenters. The Kier molecular flexibility index (Phi) is 4.35. The number of likely N-dealkylation sites (N-methyl/N-ethyl adjacent to an activating group) is 1. The largest absolute Gasteiger partial charge is 0.393 e. The van der Waals surface area contributed by atoms with Gasteiger partial charge in [-0.15, -0.1) is 0 Å². The summed E-state index contributed by atoms with van der Waals surface area (Å²) in [6.07, 6.45) is 2.34. The van der Waals surface area contributed by atoms with Crippen LogP contribution >= 0.6 is 0 Å². The highest BCUT2D eigenvalue weighted by Crippen LogP contribution is 2.08. The zero-order valence-corrected chi connectivity index (χ0v) is 8.99. The summed E-state index contributed by atoms with van der Waals surface area (Å²) in [4.78, 5) is 13.4. The Hall–Kier alpha value is -0.610. The fourth-order valence-electron chi connectivity index (χ4n) is 1.65. The van der Waals surface area contributed by atoms with Gasteiger partial charge in [0.05, 0.1) is 12.1 Å². The van der Waals surface area contributed by atoms with Gasteiger partial charge in [-0.3, -0.25) is 4.79 Å². The number of rotatable bonds is 4. The SMILES string of the molecule is CC(O)CCN(C)C(=O)[C@H]1CCCN1. The first-order chi connectivity index (χ1) is 6.61. The van der Waals surface area contributed by atoms with Crippen molar-refractivity contribution in [2.45, 2.75) is 38.3 Å². The van der Waals surface area contributed by atoms with Gasteiger partial charge in [-0.1, -0.05) is 0 Å². The lowest BCUT2D eigenvalue weighted by atomic mass is 10.2. The van der Waals surface area contributed by atoms with Crippen LogP contribution in [-0.2, 0) is 4.79 Å². The van der Waals surface area contributed by atoms with Crippen LogP contribution in [0.5, 0.6) is 0 Å². The van der Waals surface area contributed by atoms with Crippen molar-refractivity contribution < 1.29 is 9.90 Å². The molecule has 4 nitrogen and oxygen atoms in total. The molecule has 0 aliphatic carbocycles. The fraction of sp³-hybridized carbons (Fsp3) is 0.900. The van der Waals surface area contributed by atoms with Crippen LogP contribution < -0.4 is 5.32 Å². The number of nitrogens with one attached hydrogen (secondary N) is 1. The smallest absolute Gasteiger partial charge is 0.239 e. The first-order valence-corrected chi connectivity index (χ1v) is 5.27. The van der Waals surface area contributed by atoms with Crippen molar-refractivity contribution in [2.24, 2.45) is 0 Å². The quantitative estimate of drug-likeness (QED) is 0.670. The van der Waals surface area contributed by atoms with E-state index in [0.717, 1.165) is 19.4 Å². The molecule has 1 aliphatic heterocycles. The molecule has 14 heavy (non-hydrogen) atoms. The molecule has 4 heteroatoms. The minimum Gasteiger partial charge on any atom is -0.393 e. The summed E-state index contributed by atoms with van der Waals surface area (Å²) in [6, 6.07) is 0.00833. The number of aliphatic hydroxyl groups is 1. The second-order valence-corrected chi connectivity index (χ2v) is 4.05. The van der Waals surface area contributed by atoms with Crippen molar-refractivity contribution in [1.29, 1.82) is 0 Å². The van der Waals surface area contributed by atoms with Gasteiger partial charge in [-0.05, 0) is 32.7 Å². The molecule has 1 amide bonds. The van der Waals surface area contributed by atoms with Crippen LogP contribution in [0, 0.1) is 0 Å². The summed E-state index contributed by atoms with van der Waals surface area (Å²) in [6.45, 7) is 3.32. The predicted octanol–water partition coefficient (Wildman–Crippen LogP) is -0.0323. The normalized spacial score (nSPS) is 23.5. The lowest BCUT2D eigenvalue weighted by Gasteiger charge is -2.21. The number of carbonyl (C=O) groups is 1. The Balaban J connectivity index is 2.28. The highest BCUT2D eigenvalue weighted by molar-refractivity contribution is 5.81. The molecule has 2 N–H and O–H groups in total. The summed E-state index contributed by atoms with van der Waals surface area (Å²) in [5, 5.41) is 12.3. The van der Waals surface area contributed by atoms with Crippen LogP contribution in [0.15, 0.2) is 0 Å². The van der Waals surface area contributed by atoms with Gasteiger partial charge in [0.15, 0.2) is 0 Å². The number of hydrogen-bond donors (Lipinski definition) is 2. The van der Waals surface area contributed by atoms with Gasteiger partial charge in [0.2, 0.25) is 5.91 Å². The van der Waals surface area contributed by atoms with Crippen LogP contribution in [0.2, 0.25) is 0 Å². The molecular weight excluding hydrogens is 180 g/mol. The third-order valence-electron chi connectivity index (χ3n) is 2.62. The Morgan fingerprint density at radius 2 is 2.43 bits per heavy atom. The Morgan fingerprint density at radius 3 is 2.93 bits per heavy atom. The highest BCUT2D eigenvalue weighted by Gasteiger charge is 2.24. The molecule has 0 aromatic carbocycles. The van der Waals surface area contributed by atoms with E-state index in [9.17, 15) is 4.79 Å². The standard InChI is InChI=1S/C10H20N2O2/c1-8(13)5-7-12(2)10(14)9-4-3-6-11-9/h8-9,11,13H,3-7H2,1-2H3/t8?,9-/m1/s1. The van der Waals surface area contributed by atoms with Crippen molar-refractivity contribution in [3.05, 3.63) is 0 Å². The van der Waals surface area contributed by atoms with Crippen LogP contribution in [0.4, 0.5) is 0 Å². The molecule has 82 valence electrons. The summed E-state index contributed by atoms with van der Waals surface area (Å²) in [5.41, 5.74) is 0. The van der Waals surface area contributed by atoms with Crippen molar-refractivity contribution in [3.8, 4) is 0 Å². The third-order valence-corrected chi connectivity index (χ3v) is 2.62. The maximum Gasteiger partial charge on any atom is 0.239 e. The lowest BCUT2D eigenvalue weighted by Crippen LogP contribution is -2.42. The summed E-state index contributed by atoms with van der Waals surface area (Å²) < 4.78 is 0. The first-order valence-electron chi connectivity index (χ1n) is 5.27. The van der Waals surface area contributed by atoms with E-state index in [2.05, 4.69) is 5.32 Å². The molecule has 0 saturated carbocycles. The number of aliphatic hydroxyl groups excluding tert-OH is 1. The van der Waals surface area contributed by atoms with Gasteiger partial charge >= 0.3 is 0 Å². The number of nitrogens with zero attached hydrogens (tertiary/aromatic N) is 1. The molecular formula is C10H20N2O2. The van der Waals surface area contributed by atoms with Crippen LogP contribution in [0.25, 0.3) is 0 Å². The Bertz CT molecular complexity index is 189. The van der Waals surface area contributed by atoms with E-state index < -0.39 is 0 Å². The summed E-state index contributed by atoms with van der Waals surface area (Å²) in [7, 11) is 1.80. The van der Waals surface area contributed by atoms with E-state index in [4.69, 9.17) is 5.11 Å². The third kappa shape index (κ3) is 3.27. The molecule has 1 aliphatic rings. The van der Waals surface area contributed by atoms with Gasteiger partial charge in [0.1, 0.15) is 0 Å². The van der Waals surface area contributed by atoms with E-state index in [1.54, 1.807) is 18.9 Å². The second-order valence-electron chi connectivity index (χ2n) is 4.05. The van der Waals surface area contributed by atoms with Crippen LogP contribution in [0.3, 0.4) is 0 Å². The van der Waals surface area contributed by atoms with Gasteiger partial charge in [0.25, 0.3) is 0 Å². The monoisotopic (exact) mass is 200 g/mol. The topological polar surface area (TPSA) is 52.6 Å². The predicted molar refractivity (Wildman–Crippen MR) is 55.0 cm³/mol. The van der Waals surface area contributed by atoms with E-state index in [0.29, 0.717) is 13.0 Å². The molecule has 1 unspecified atom stereocenters. The van der Waals surface area contributed by atoms with Crippen molar-refractivity contribution in [1.82, 2.24) is 10.2 Å². The van der Waals surface area contributed by atoms with Gasteiger partial charge in [-0.25, -0.2) is 0 Å². The zero-order chi connectivity index (χ0) is 10.6. The average Bonchev–Trinajstić information content (AvgIpc) is 2.65. The fourth-order valence-corrected chi connectivity index (χ4v) is 1.65. The first kappa shape index (κ1) is 11.5. The van der Waals surface area contributed by atoms with Crippen molar-refractivity contribution in [2.75, 3.05) is 20.1 Å². The maximum absolute atomic E-state index is 11.7. The van der Waals surface area contributed by atoms with E-state index in [-0.39, 0.29) is 18.1 Å². The van der Waals surface area contributed by atoms with E-state index in [1.807, 2.05) is 0 Å². The molecule has 1 heterocycles. The Morgan fingerprint density at radius 1 is 1.71 bits per heavy atom. The zero-order valence-electron chi connectivity index (χ0n) is 8.99. The Labute approximate surface area is 85.3 Å². The van der Waals surface area contributed by atoms with E-state index in [1.165, 1.54) is 0 Å². The molecule has 1 saturated heterocycles. The minimum atomic E-state index is -0.332. The molecule has 1 rings (SSSR count). The molecule has 0 bridgehead atoms. The van der Waals surface area contributed by atoms with E-state index >= 15 is 0 Å². The maximum atomic E-state index is 11.7. The number of amides is 1. The molecule has 0 aromatic rings. The van der Waals surface area contributed by atoms with Crippen molar-refractivity contribution in [3.63, 3.8) is 0 Å². The molecule has 0 aromatic heterocycles. The number of carbonyl (C=O) groups excluding carboxylic acids is 1. The molecule has 0 spiro atoms. The minimum absolute atomic E-state index is 0.00833. The summed E-state index contributed by atoms with van der Waals surface area (Å²) in [5.74, 6) is 0.156. The second kappa shape index (κ2) is 5.32. The lowest BCUT2D eigenvalue weighted by molar-refractivity contribution is -0.132. The number of hydrogen-bond acceptors (Lipinski definition) is 3. The molecule has 1 fully saturated rings. The summed E-state index contributed by atoms with van der Waals surface area (Å²) >= 11 is 0. The van der Waals surface area contributed by atoms with Crippen molar-refractivity contribution >= 4 is 5.91 Å². The highest BCUT2D eigenvalue weighted by atomic mass is 16.3. The molecule has 0 radical (unpaired) electrons. The van der Waals surface area contributed by atoms with Gasteiger partial charge < -0.3 is 15.3 Å². The average molecular weight is 200 g/mol. The van der Waals surface area contributed by atoms with Gasteiger partial charge in [-0.2, -0.15) is 0 Å². The van der Waals surface area contributed by atoms with Crippen LogP contribution in [-0.4, -0.2) is 48.2 Å².